The van der Waals surface area contributed by atoms with Gasteiger partial charge in [-0.1, -0.05) is 18.2 Å². The van der Waals surface area contributed by atoms with Crippen LogP contribution in [-0.4, -0.2) is 45.2 Å². The lowest BCUT2D eigenvalue weighted by Gasteiger charge is -2.21. The number of methoxy groups -OCH3 is 1. The van der Waals surface area contributed by atoms with Crippen molar-refractivity contribution in [3.05, 3.63) is 52.2 Å². The number of hydrogen-bond donors (Lipinski definition) is 1. The van der Waals surface area contributed by atoms with Gasteiger partial charge >= 0.3 is 0 Å². The molecule has 0 amide bonds. The summed E-state index contributed by atoms with van der Waals surface area (Å²) in [5, 5.41) is 5.57. The van der Waals surface area contributed by atoms with Crippen molar-refractivity contribution in [3.8, 4) is 5.75 Å². The van der Waals surface area contributed by atoms with E-state index < -0.39 is 0 Å². The smallest absolute Gasteiger partial charge is 0.193 e. The Morgan fingerprint density at radius 3 is 2.76 bits per heavy atom. The number of nitrogens with one attached hydrogen (secondary N) is 1. The van der Waals surface area contributed by atoms with Crippen LogP contribution in [0.4, 0.5) is 0 Å². The van der Waals surface area contributed by atoms with Gasteiger partial charge in [-0.15, -0.1) is 35.3 Å². The van der Waals surface area contributed by atoms with Crippen LogP contribution in [0.5, 0.6) is 5.75 Å². The Morgan fingerprint density at radius 1 is 1.24 bits per heavy atom. The van der Waals surface area contributed by atoms with E-state index in [2.05, 4.69) is 51.9 Å². The number of halogens is 1. The van der Waals surface area contributed by atoms with Crippen molar-refractivity contribution >= 4 is 41.3 Å². The van der Waals surface area contributed by atoms with Crippen molar-refractivity contribution in [2.45, 2.75) is 19.3 Å². The Hall–Kier alpha value is -1.28. The van der Waals surface area contributed by atoms with E-state index in [-0.39, 0.29) is 24.0 Å². The molecule has 0 aliphatic heterocycles. The van der Waals surface area contributed by atoms with Crippen LogP contribution >= 0.6 is 35.3 Å². The lowest BCUT2D eigenvalue weighted by molar-refractivity contribution is 0.414. The molecule has 1 N–H and O–H groups in total. The molecule has 0 bridgehead atoms. The SMILES string of the molecule is CN=C(NCCCc1cccc(OC)c1)N(C)CCc1cccs1.I. The Balaban J connectivity index is 0.00000312. The summed E-state index contributed by atoms with van der Waals surface area (Å²) in [6.07, 6.45) is 3.14. The van der Waals surface area contributed by atoms with Gasteiger partial charge in [0, 0.05) is 32.1 Å². The first kappa shape index (κ1) is 21.8. The number of benzene rings is 1. The van der Waals surface area contributed by atoms with Gasteiger partial charge in [-0.2, -0.15) is 0 Å². The summed E-state index contributed by atoms with van der Waals surface area (Å²) >= 11 is 1.81. The van der Waals surface area contributed by atoms with Crippen molar-refractivity contribution in [1.82, 2.24) is 10.2 Å². The van der Waals surface area contributed by atoms with Crippen molar-refractivity contribution in [2.75, 3.05) is 34.3 Å². The zero-order valence-electron chi connectivity index (χ0n) is 15.2. The quantitative estimate of drug-likeness (QED) is 0.272. The third kappa shape index (κ3) is 7.64. The molecule has 25 heavy (non-hydrogen) atoms. The second-order valence-corrected chi connectivity index (χ2v) is 6.71. The van der Waals surface area contributed by atoms with E-state index in [4.69, 9.17) is 4.74 Å². The van der Waals surface area contributed by atoms with Gasteiger partial charge in [-0.05, 0) is 48.4 Å². The highest BCUT2D eigenvalue weighted by Crippen LogP contribution is 2.13. The zero-order valence-corrected chi connectivity index (χ0v) is 18.3. The molecule has 0 saturated heterocycles. The van der Waals surface area contributed by atoms with Crippen LogP contribution in [0.15, 0.2) is 46.8 Å². The Bertz CT molecular complexity index is 631. The third-order valence-corrected chi connectivity index (χ3v) is 4.84. The van der Waals surface area contributed by atoms with Gasteiger partial charge in [-0.3, -0.25) is 4.99 Å². The molecule has 0 fully saturated rings. The van der Waals surface area contributed by atoms with E-state index in [0.717, 1.165) is 44.1 Å². The maximum Gasteiger partial charge on any atom is 0.193 e. The normalized spacial score (nSPS) is 10.9. The Labute approximate surface area is 172 Å². The average Bonchev–Trinajstić information content (AvgIpc) is 3.13. The second-order valence-electron chi connectivity index (χ2n) is 5.68. The van der Waals surface area contributed by atoms with Crippen LogP contribution in [0.3, 0.4) is 0 Å². The van der Waals surface area contributed by atoms with Crippen molar-refractivity contribution in [1.29, 1.82) is 0 Å². The summed E-state index contributed by atoms with van der Waals surface area (Å²) < 4.78 is 5.27. The summed E-state index contributed by atoms with van der Waals surface area (Å²) in [5.41, 5.74) is 1.30. The molecule has 0 aliphatic carbocycles. The second kappa shape index (κ2) is 12.1. The fraction of sp³-hybridized carbons (Fsp3) is 0.421. The molecule has 0 unspecified atom stereocenters. The molecule has 0 aliphatic rings. The number of guanidine groups is 1. The van der Waals surface area contributed by atoms with Gasteiger partial charge in [0.1, 0.15) is 5.75 Å². The molecule has 2 aromatic rings. The van der Waals surface area contributed by atoms with Gasteiger partial charge in [0.05, 0.1) is 7.11 Å². The summed E-state index contributed by atoms with van der Waals surface area (Å²) in [4.78, 5) is 7.97. The van der Waals surface area contributed by atoms with Crippen LogP contribution in [-0.2, 0) is 12.8 Å². The third-order valence-electron chi connectivity index (χ3n) is 3.91. The molecule has 0 atom stereocenters. The summed E-state index contributed by atoms with van der Waals surface area (Å²) in [6, 6.07) is 12.5. The fourth-order valence-electron chi connectivity index (χ4n) is 2.54. The van der Waals surface area contributed by atoms with Crippen LogP contribution in [0.25, 0.3) is 0 Å². The van der Waals surface area contributed by atoms with Gasteiger partial charge in [0.15, 0.2) is 5.96 Å². The van der Waals surface area contributed by atoms with Crippen LogP contribution in [0.2, 0.25) is 0 Å². The molecule has 0 spiro atoms. The first-order valence-electron chi connectivity index (χ1n) is 8.30. The number of likely N-dealkylation sites (N-methyl/N-ethyl adjacent to an activating group) is 1. The lowest BCUT2D eigenvalue weighted by Crippen LogP contribution is -2.40. The summed E-state index contributed by atoms with van der Waals surface area (Å²) in [7, 11) is 5.63. The maximum absolute atomic E-state index is 5.27. The molecule has 138 valence electrons. The number of aryl methyl sites for hydroxylation is 1. The molecule has 0 saturated carbocycles. The van der Waals surface area contributed by atoms with Crippen LogP contribution < -0.4 is 10.1 Å². The average molecular weight is 473 g/mol. The number of nitrogens with zero attached hydrogens (tertiary/aromatic N) is 2. The predicted octanol–water partition coefficient (Wildman–Crippen LogP) is 4.06. The number of hydrogen-bond acceptors (Lipinski definition) is 3. The molecule has 4 nitrogen and oxygen atoms in total. The zero-order chi connectivity index (χ0) is 17.2. The van der Waals surface area contributed by atoms with E-state index in [1.807, 2.05) is 30.5 Å². The van der Waals surface area contributed by atoms with Crippen molar-refractivity contribution in [3.63, 3.8) is 0 Å². The highest BCUT2D eigenvalue weighted by atomic mass is 127. The topological polar surface area (TPSA) is 36.9 Å². The van der Waals surface area contributed by atoms with Gasteiger partial charge in [0.2, 0.25) is 0 Å². The van der Waals surface area contributed by atoms with E-state index in [0.29, 0.717) is 0 Å². The van der Waals surface area contributed by atoms with E-state index >= 15 is 0 Å². The molecular formula is C19H28IN3OS. The summed E-state index contributed by atoms with van der Waals surface area (Å²) in [5.74, 6) is 1.88. The maximum atomic E-state index is 5.27. The van der Waals surface area contributed by atoms with Gasteiger partial charge < -0.3 is 15.0 Å². The predicted molar refractivity (Wildman–Crippen MR) is 119 cm³/mol. The fourth-order valence-corrected chi connectivity index (χ4v) is 3.24. The minimum Gasteiger partial charge on any atom is -0.497 e. The lowest BCUT2D eigenvalue weighted by atomic mass is 10.1. The van der Waals surface area contributed by atoms with Crippen LogP contribution in [0, 0.1) is 0 Å². The van der Waals surface area contributed by atoms with E-state index in [9.17, 15) is 0 Å². The molecular weight excluding hydrogens is 445 g/mol. The number of rotatable bonds is 8. The molecule has 2 rings (SSSR count). The standard InChI is InChI=1S/C19H27N3OS.HI/c1-20-19(22(2)13-11-18-10-6-14-24-18)21-12-5-8-16-7-4-9-17(15-16)23-3;/h4,6-7,9-10,14-15H,5,8,11-13H2,1-3H3,(H,20,21);1H. The molecule has 1 aromatic heterocycles. The number of thiophene rings is 1. The Morgan fingerprint density at radius 2 is 2.08 bits per heavy atom. The number of ether oxygens (including phenoxy) is 1. The molecule has 1 aromatic carbocycles. The minimum atomic E-state index is 0. The Kier molecular flexibility index (Phi) is 10.6. The first-order chi connectivity index (χ1) is 11.7. The summed E-state index contributed by atoms with van der Waals surface area (Å²) in [6.45, 7) is 1.88. The largest absolute Gasteiger partial charge is 0.497 e. The molecule has 6 heteroatoms. The first-order valence-corrected chi connectivity index (χ1v) is 9.18. The molecule has 0 radical (unpaired) electrons. The van der Waals surface area contributed by atoms with Crippen molar-refractivity contribution in [2.24, 2.45) is 4.99 Å². The van der Waals surface area contributed by atoms with E-state index in [1.165, 1.54) is 10.4 Å². The van der Waals surface area contributed by atoms with Crippen LogP contribution in [0.1, 0.15) is 16.9 Å². The highest BCUT2D eigenvalue weighted by molar-refractivity contribution is 14.0. The highest BCUT2D eigenvalue weighted by Gasteiger charge is 2.06. The molecule has 1 heterocycles. The number of aliphatic imine (C=N–C) groups is 1. The van der Waals surface area contributed by atoms with Gasteiger partial charge in [0.25, 0.3) is 0 Å². The van der Waals surface area contributed by atoms with Gasteiger partial charge in [-0.25, -0.2) is 0 Å². The van der Waals surface area contributed by atoms with E-state index in [1.54, 1.807) is 7.11 Å². The van der Waals surface area contributed by atoms with Crippen molar-refractivity contribution < 1.29 is 4.74 Å². The minimum absolute atomic E-state index is 0. The monoisotopic (exact) mass is 473 g/mol.